The molecule has 0 aliphatic carbocycles. The number of fused-ring (bicyclic) bond motifs is 1. The van der Waals surface area contributed by atoms with E-state index < -0.39 is 10.0 Å². The number of halogens is 1. The molecule has 0 spiro atoms. The lowest BCUT2D eigenvalue weighted by Gasteiger charge is -2.30. The number of carbonyl (C=O) groups is 1. The number of rotatable bonds is 1. The second kappa shape index (κ2) is 3.99. The van der Waals surface area contributed by atoms with E-state index in [0.717, 1.165) is 6.26 Å². The Morgan fingerprint density at radius 3 is 2.62 bits per heavy atom. The van der Waals surface area contributed by atoms with E-state index in [0.29, 0.717) is 11.3 Å². The molecule has 1 aliphatic rings. The summed E-state index contributed by atoms with van der Waals surface area (Å²) in [7, 11) is -3.32. The molecule has 4 nitrogen and oxygen atoms in total. The van der Waals surface area contributed by atoms with E-state index in [-0.39, 0.29) is 16.3 Å². The fraction of sp³-hybridized carbons (Fsp3) is 0.300. The minimum absolute atomic E-state index is 0.00361. The van der Waals surface area contributed by atoms with Gasteiger partial charge in [0.1, 0.15) is 0 Å². The van der Waals surface area contributed by atoms with Gasteiger partial charge in [-0.25, -0.2) is 8.42 Å². The summed E-state index contributed by atoms with van der Waals surface area (Å²) < 4.78 is 24.2. The first-order valence-corrected chi connectivity index (χ1v) is 7.75. The highest BCUT2D eigenvalue weighted by Crippen LogP contribution is 2.31. The van der Waals surface area contributed by atoms with Gasteiger partial charge in [-0.2, -0.15) is 0 Å². The summed E-state index contributed by atoms with van der Waals surface area (Å²) in [6.45, 7) is 0.218. The average molecular weight is 351 g/mol. The van der Waals surface area contributed by atoms with Gasteiger partial charge in [0.05, 0.1) is 22.4 Å². The van der Waals surface area contributed by atoms with Crippen LogP contribution < -0.4 is 4.31 Å². The highest BCUT2D eigenvalue weighted by atomic mass is 127. The van der Waals surface area contributed by atoms with Crippen LogP contribution in [0.4, 0.5) is 5.69 Å². The van der Waals surface area contributed by atoms with Gasteiger partial charge in [0.2, 0.25) is 10.0 Å². The Morgan fingerprint density at radius 2 is 2.00 bits per heavy atom. The van der Waals surface area contributed by atoms with Crippen LogP contribution in [-0.4, -0.2) is 30.9 Å². The number of hydrogen-bond donors (Lipinski definition) is 0. The molecule has 1 unspecified atom stereocenters. The standard InChI is InChI=1S/C10H10INO3S/c1-16(14,15)12-6-8(11)10(13)7-4-2-3-5-9(7)12/h2-5,8H,6H2,1H3. The van der Waals surface area contributed by atoms with Gasteiger partial charge in [0.25, 0.3) is 0 Å². The lowest BCUT2D eigenvalue weighted by Crippen LogP contribution is -2.42. The Balaban J connectivity index is 2.62. The molecule has 1 heterocycles. The van der Waals surface area contributed by atoms with Crippen LogP contribution in [0, 0.1) is 0 Å². The van der Waals surface area contributed by atoms with Gasteiger partial charge in [-0.1, -0.05) is 34.7 Å². The molecule has 1 aromatic rings. The van der Waals surface area contributed by atoms with E-state index in [1.54, 1.807) is 24.3 Å². The molecule has 1 atom stereocenters. The van der Waals surface area contributed by atoms with E-state index in [1.165, 1.54) is 4.31 Å². The zero-order chi connectivity index (χ0) is 11.9. The number of Topliss-reactive ketones (excluding diaryl/α,β-unsaturated/α-hetero) is 1. The van der Waals surface area contributed by atoms with Crippen LogP contribution in [0.1, 0.15) is 10.4 Å². The number of nitrogens with zero attached hydrogens (tertiary/aromatic N) is 1. The Hall–Kier alpha value is -0.630. The molecule has 2 rings (SSSR count). The zero-order valence-electron chi connectivity index (χ0n) is 8.55. The van der Waals surface area contributed by atoms with Crippen LogP contribution in [0.2, 0.25) is 0 Å². The summed E-state index contributed by atoms with van der Waals surface area (Å²) >= 11 is 1.98. The normalized spacial score (nSPS) is 20.8. The second-order valence-electron chi connectivity index (χ2n) is 3.64. The number of sulfonamides is 1. The largest absolute Gasteiger partial charge is 0.293 e. The molecule has 1 aromatic carbocycles. The van der Waals surface area contributed by atoms with Gasteiger partial charge < -0.3 is 0 Å². The summed E-state index contributed by atoms with van der Waals surface area (Å²) in [6.07, 6.45) is 1.16. The Kier molecular flexibility index (Phi) is 2.95. The van der Waals surface area contributed by atoms with Crippen molar-refractivity contribution in [3.63, 3.8) is 0 Å². The Morgan fingerprint density at radius 1 is 1.38 bits per heavy atom. The fourth-order valence-corrected chi connectivity index (χ4v) is 3.64. The first-order valence-electron chi connectivity index (χ1n) is 4.66. The number of hydrogen-bond acceptors (Lipinski definition) is 3. The van der Waals surface area contributed by atoms with Crippen LogP contribution in [-0.2, 0) is 10.0 Å². The maximum Gasteiger partial charge on any atom is 0.232 e. The van der Waals surface area contributed by atoms with Crippen molar-refractivity contribution in [3.8, 4) is 0 Å². The van der Waals surface area contributed by atoms with Crippen LogP contribution >= 0.6 is 22.6 Å². The molecular formula is C10H10INO3S. The summed E-state index contributed by atoms with van der Waals surface area (Å²) in [5.74, 6) is -0.00361. The summed E-state index contributed by atoms with van der Waals surface area (Å²) in [6, 6.07) is 6.81. The summed E-state index contributed by atoms with van der Waals surface area (Å²) in [4.78, 5) is 11.9. The van der Waals surface area contributed by atoms with Crippen molar-refractivity contribution in [3.05, 3.63) is 29.8 Å². The molecule has 0 fully saturated rings. The Labute approximate surface area is 108 Å². The average Bonchev–Trinajstić information content (AvgIpc) is 2.22. The zero-order valence-corrected chi connectivity index (χ0v) is 11.5. The molecule has 0 radical (unpaired) electrons. The number of carbonyl (C=O) groups excluding carboxylic acids is 1. The van der Waals surface area contributed by atoms with E-state index in [2.05, 4.69) is 0 Å². The van der Waals surface area contributed by atoms with Gasteiger partial charge in [-0.3, -0.25) is 9.10 Å². The number of alkyl halides is 1. The SMILES string of the molecule is CS(=O)(=O)N1CC(I)C(=O)c2ccccc21. The lowest BCUT2D eigenvalue weighted by molar-refractivity contribution is 0.0993. The number of ketones is 1. The van der Waals surface area contributed by atoms with Crippen molar-refractivity contribution in [2.24, 2.45) is 0 Å². The van der Waals surface area contributed by atoms with Crippen molar-refractivity contribution >= 4 is 44.1 Å². The first-order chi connectivity index (χ1) is 7.41. The maximum atomic E-state index is 11.9. The van der Waals surface area contributed by atoms with Gasteiger partial charge in [-0.15, -0.1) is 0 Å². The minimum Gasteiger partial charge on any atom is -0.293 e. The third kappa shape index (κ3) is 1.95. The van der Waals surface area contributed by atoms with Crippen LogP contribution in [0.15, 0.2) is 24.3 Å². The highest BCUT2D eigenvalue weighted by molar-refractivity contribution is 14.1. The van der Waals surface area contributed by atoms with Gasteiger partial charge in [0, 0.05) is 5.56 Å². The smallest absolute Gasteiger partial charge is 0.232 e. The molecule has 0 saturated heterocycles. The third-order valence-electron chi connectivity index (χ3n) is 2.45. The third-order valence-corrected chi connectivity index (χ3v) is 4.56. The molecule has 86 valence electrons. The molecule has 0 N–H and O–H groups in total. The lowest BCUT2D eigenvalue weighted by atomic mass is 10.0. The predicted octanol–water partition coefficient (Wildman–Crippen LogP) is 1.45. The van der Waals surface area contributed by atoms with Gasteiger partial charge in [-0.05, 0) is 12.1 Å². The van der Waals surface area contributed by atoms with Crippen molar-refractivity contribution in [1.29, 1.82) is 0 Å². The topological polar surface area (TPSA) is 54.5 Å². The molecule has 16 heavy (non-hydrogen) atoms. The van der Waals surface area contributed by atoms with Crippen LogP contribution in [0.5, 0.6) is 0 Å². The number of benzene rings is 1. The molecule has 0 bridgehead atoms. The molecule has 0 aromatic heterocycles. The van der Waals surface area contributed by atoms with Crippen molar-refractivity contribution < 1.29 is 13.2 Å². The van der Waals surface area contributed by atoms with Gasteiger partial charge in [0.15, 0.2) is 5.78 Å². The summed E-state index contributed by atoms with van der Waals surface area (Å²) in [5.41, 5.74) is 0.974. The van der Waals surface area contributed by atoms with E-state index >= 15 is 0 Å². The monoisotopic (exact) mass is 351 g/mol. The fourth-order valence-electron chi connectivity index (χ4n) is 1.71. The van der Waals surface area contributed by atoms with E-state index in [1.807, 2.05) is 22.6 Å². The molecule has 0 amide bonds. The minimum atomic E-state index is -3.32. The van der Waals surface area contributed by atoms with Gasteiger partial charge >= 0.3 is 0 Å². The van der Waals surface area contributed by atoms with Crippen LogP contribution in [0.3, 0.4) is 0 Å². The molecule has 0 saturated carbocycles. The van der Waals surface area contributed by atoms with Crippen molar-refractivity contribution in [2.75, 3.05) is 17.1 Å². The van der Waals surface area contributed by atoms with Crippen molar-refractivity contribution in [2.45, 2.75) is 3.92 Å². The molecule has 1 aliphatic heterocycles. The van der Waals surface area contributed by atoms with E-state index in [9.17, 15) is 13.2 Å². The molecular weight excluding hydrogens is 341 g/mol. The number of anilines is 1. The Bertz CT molecular complexity index is 541. The quantitative estimate of drug-likeness (QED) is 0.569. The van der Waals surface area contributed by atoms with E-state index in [4.69, 9.17) is 0 Å². The van der Waals surface area contributed by atoms with Crippen LogP contribution in [0.25, 0.3) is 0 Å². The molecule has 6 heteroatoms. The first kappa shape index (κ1) is 11.8. The summed E-state index contributed by atoms with van der Waals surface area (Å²) in [5, 5.41) is 0. The number of para-hydroxylation sites is 1. The highest BCUT2D eigenvalue weighted by Gasteiger charge is 2.33. The predicted molar refractivity (Wildman–Crippen MR) is 70.8 cm³/mol. The maximum absolute atomic E-state index is 11.9. The van der Waals surface area contributed by atoms with Crippen molar-refractivity contribution in [1.82, 2.24) is 0 Å². The second-order valence-corrected chi connectivity index (χ2v) is 7.05.